The lowest BCUT2D eigenvalue weighted by Gasteiger charge is -2.58. The lowest BCUT2D eigenvalue weighted by molar-refractivity contribution is -0.0532. The van der Waals surface area contributed by atoms with Crippen molar-refractivity contribution in [2.75, 3.05) is 7.05 Å². The maximum absolute atomic E-state index is 10.1. The first kappa shape index (κ1) is 17.1. The second-order valence-electron chi connectivity index (χ2n) is 9.96. The topological polar surface area (TPSA) is 32.3 Å². The van der Waals surface area contributed by atoms with Crippen LogP contribution in [0.2, 0.25) is 0 Å². The zero-order valence-corrected chi connectivity index (χ0v) is 16.1. The van der Waals surface area contributed by atoms with Crippen LogP contribution in [0.15, 0.2) is 11.6 Å². The van der Waals surface area contributed by atoms with Crippen LogP contribution < -0.4 is 5.32 Å². The Kier molecular flexibility index (Phi) is 4.16. The number of rotatable bonds is 2. The molecule has 0 amide bonds. The predicted molar refractivity (Wildman–Crippen MR) is 99.7 cm³/mol. The Bertz CT molecular complexity index is 528. The molecule has 0 radical (unpaired) electrons. The van der Waals surface area contributed by atoms with Gasteiger partial charge in [0.15, 0.2) is 0 Å². The lowest BCUT2D eigenvalue weighted by Crippen LogP contribution is -2.52. The monoisotopic (exact) mass is 331 g/mol. The van der Waals surface area contributed by atoms with Gasteiger partial charge in [-0.25, -0.2) is 0 Å². The minimum atomic E-state index is -0.0814. The van der Waals surface area contributed by atoms with E-state index in [1.54, 1.807) is 5.57 Å². The molecule has 8 atom stereocenters. The van der Waals surface area contributed by atoms with Crippen LogP contribution in [0.3, 0.4) is 0 Å². The molecule has 4 aliphatic carbocycles. The zero-order valence-electron chi connectivity index (χ0n) is 16.1. The van der Waals surface area contributed by atoms with E-state index in [0.717, 1.165) is 36.5 Å². The number of hydrogen-bond donors (Lipinski definition) is 2. The molecule has 2 nitrogen and oxygen atoms in total. The Morgan fingerprint density at radius 1 is 1.12 bits per heavy atom. The third-order valence-electron chi connectivity index (χ3n) is 9.21. The van der Waals surface area contributed by atoms with E-state index < -0.39 is 0 Å². The van der Waals surface area contributed by atoms with Gasteiger partial charge >= 0.3 is 0 Å². The number of nitrogens with one attached hydrogen (secondary N) is 1. The summed E-state index contributed by atoms with van der Waals surface area (Å²) < 4.78 is 0. The zero-order chi connectivity index (χ0) is 17.1. The molecule has 3 saturated carbocycles. The second kappa shape index (κ2) is 5.84. The average Bonchev–Trinajstić information content (AvgIpc) is 2.92. The standard InChI is InChI=1S/C22H37NO/c1-14(23-4)18-7-8-19-17-6-5-15-13-16(24)9-11-21(15,2)20(17)10-12-22(18,19)3/h5,14,16-20,23-24H,6-13H2,1-4H3/t14?,16-,17?,18+,19?,20?,21-,22+/m0/s1. The van der Waals surface area contributed by atoms with Crippen molar-refractivity contribution < 1.29 is 5.11 Å². The van der Waals surface area contributed by atoms with E-state index >= 15 is 0 Å². The van der Waals surface area contributed by atoms with E-state index in [4.69, 9.17) is 0 Å². The highest BCUT2D eigenvalue weighted by Crippen LogP contribution is 2.66. The van der Waals surface area contributed by atoms with Gasteiger partial charge < -0.3 is 10.4 Å². The van der Waals surface area contributed by atoms with Crippen molar-refractivity contribution in [3.05, 3.63) is 11.6 Å². The summed E-state index contributed by atoms with van der Waals surface area (Å²) in [6, 6.07) is 0.645. The molecule has 4 rings (SSSR count). The number of allylic oxidation sites excluding steroid dienone is 1. The van der Waals surface area contributed by atoms with Gasteiger partial charge in [-0.2, -0.15) is 0 Å². The van der Waals surface area contributed by atoms with Gasteiger partial charge in [0.2, 0.25) is 0 Å². The van der Waals surface area contributed by atoms with E-state index in [0.29, 0.717) is 16.9 Å². The van der Waals surface area contributed by atoms with E-state index in [1.807, 2.05) is 0 Å². The van der Waals surface area contributed by atoms with E-state index in [1.165, 1.54) is 38.5 Å². The summed E-state index contributed by atoms with van der Waals surface area (Å²) in [6.45, 7) is 7.55. The van der Waals surface area contributed by atoms with Crippen molar-refractivity contribution in [1.82, 2.24) is 5.32 Å². The fourth-order valence-corrected chi connectivity index (χ4v) is 7.70. The van der Waals surface area contributed by atoms with Crippen LogP contribution in [0.5, 0.6) is 0 Å². The van der Waals surface area contributed by atoms with Gasteiger partial charge in [0.05, 0.1) is 6.10 Å². The Balaban J connectivity index is 1.63. The molecule has 2 heteroatoms. The molecule has 4 unspecified atom stereocenters. The van der Waals surface area contributed by atoms with Crippen LogP contribution in [-0.2, 0) is 0 Å². The highest BCUT2D eigenvalue weighted by atomic mass is 16.3. The summed E-state index contributed by atoms with van der Waals surface area (Å²) in [6.07, 6.45) is 12.6. The Morgan fingerprint density at radius 2 is 1.92 bits per heavy atom. The Hall–Kier alpha value is -0.340. The maximum atomic E-state index is 10.1. The third-order valence-corrected chi connectivity index (χ3v) is 9.21. The number of fused-ring (bicyclic) bond motifs is 5. The van der Waals surface area contributed by atoms with Crippen LogP contribution in [0, 0.1) is 34.5 Å². The van der Waals surface area contributed by atoms with Crippen molar-refractivity contribution in [1.29, 1.82) is 0 Å². The fraction of sp³-hybridized carbons (Fsp3) is 0.909. The summed E-state index contributed by atoms with van der Waals surface area (Å²) in [5, 5.41) is 13.7. The molecular weight excluding hydrogens is 294 g/mol. The van der Waals surface area contributed by atoms with Crippen LogP contribution >= 0.6 is 0 Å². The first-order valence-electron chi connectivity index (χ1n) is 10.4. The summed E-state index contributed by atoms with van der Waals surface area (Å²) >= 11 is 0. The van der Waals surface area contributed by atoms with Crippen molar-refractivity contribution in [3.63, 3.8) is 0 Å². The van der Waals surface area contributed by atoms with Crippen LogP contribution in [0.4, 0.5) is 0 Å². The fourth-order valence-electron chi connectivity index (χ4n) is 7.70. The van der Waals surface area contributed by atoms with Crippen molar-refractivity contribution in [2.24, 2.45) is 34.5 Å². The molecular formula is C22H37NO. The molecule has 0 aliphatic heterocycles. The molecule has 0 aromatic heterocycles. The van der Waals surface area contributed by atoms with Crippen molar-refractivity contribution in [3.8, 4) is 0 Å². The van der Waals surface area contributed by atoms with Gasteiger partial charge in [-0.3, -0.25) is 0 Å². The lowest BCUT2D eigenvalue weighted by atomic mass is 9.47. The largest absolute Gasteiger partial charge is 0.393 e. The second-order valence-corrected chi connectivity index (χ2v) is 9.96. The number of hydrogen-bond acceptors (Lipinski definition) is 2. The third kappa shape index (κ3) is 2.28. The molecule has 2 N–H and O–H groups in total. The highest BCUT2D eigenvalue weighted by molar-refractivity contribution is 5.25. The van der Waals surface area contributed by atoms with Crippen LogP contribution in [0.1, 0.15) is 72.1 Å². The Labute approximate surface area is 148 Å². The minimum Gasteiger partial charge on any atom is -0.393 e. The van der Waals surface area contributed by atoms with Gasteiger partial charge in [0.1, 0.15) is 0 Å². The first-order valence-corrected chi connectivity index (χ1v) is 10.4. The SMILES string of the molecule is CNC(C)[C@H]1CCC2C3CC=C4C[C@@H](O)CC[C@]4(C)C3CC[C@@]21C. The van der Waals surface area contributed by atoms with E-state index in [-0.39, 0.29) is 6.10 Å². The normalized spacial score (nSPS) is 52.0. The van der Waals surface area contributed by atoms with Gasteiger partial charge in [0, 0.05) is 6.04 Å². The molecule has 3 fully saturated rings. The quantitative estimate of drug-likeness (QED) is 0.728. The predicted octanol–water partition coefficient (Wildman–Crippen LogP) is 4.53. The van der Waals surface area contributed by atoms with Gasteiger partial charge in [-0.15, -0.1) is 0 Å². The van der Waals surface area contributed by atoms with Gasteiger partial charge in [-0.1, -0.05) is 25.5 Å². The van der Waals surface area contributed by atoms with E-state index in [9.17, 15) is 5.11 Å². The first-order chi connectivity index (χ1) is 11.4. The summed E-state index contributed by atoms with van der Waals surface area (Å²) in [5.41, 5.74) is 2.53. The molecule has 24 heavy (non-hydrogen) atoms. The molecule has 0 heterocycles. The van der Waals surface area contributed by atoms with Crippen LogP contribution in [0.25, 0.3) is 0 Å². The van der Waals surface area contributed by atoms with Crippen molar-refractivity contribution in [2.45, 2.75) is 84.3 Å². The van der Waals surface area contributed by atoms with Gasteiger partial charge in [0.25, 0.3) is 0 Å². The molecule has 0 bridgehead atoms. The molecule has 4 aliphatic rings. The van der Waals surface area contributed by atoms with Crippen LogP contribution in [-0.4, -0.2) is 24.3 Å². The minimum absolute atomic E-state index is 0.0814. The number of aliphatic hydroxyl groups is 1. The number of aliphatic hydroxyl groups excluding tert-OH is 1. The summed E-state index contributed by atoms with van der Waals surface area (Å²) in [5.74, 6) is 3.52. The molecule has 0 saturated heterocycles. The van der Waals surface area contributed by atoms with Gasteiger partial charge in [-0.05, 0) is 99.8 Å². The molecule has 0 spiro atoms. The molecule has 0 aromatic carbocycles. The highest BCUT2D eigenvalue weighted by Gasteiger charge is 2.59. The summed E-state index contributed by atoms with van der Waals surface area (Å²) in [7, 11) is 2.14. The summed E-state index contributed by atoms with van der Waals surface area (Å²) in [4.78, 5) is 0. The maximum Gasteiger partial charge on any atom is 0.0577 e. The Morgan fingerprint density at radius 3 is 2.67 bits per heavy atom. The molecule has 136 valence electrons. The van der Waals surface area contributed by atoms with Crippen molar-refractivity contribution >= 4 is 0 Å². The van der Waals surface area contributed by atoms with E-state index in [2.05, 4.69) is 39.2 Å². The smallest absolute Gasteiger partial charge is 0.0577 e. The molecule has 0 aromatic rings. The average molecular weight is 332 g/mol.